The van der Waals surface area contributed by atoms with E-state index in [2.05, 4.69) is 5.10 Å². The molecule has 1 fully saturated rings. The van der Waals surface area contributed by atoms with Gasteiger partial charge in [-0.2, -0.15) is 5.10 Å². The van der Waals surface area contributed by atoms with Crippen LogP contribution in [-0.4, -0.2) is 57.6 Å². The maximum atomic E-state index is 13.3. The maximum Gasteiger partial charge on any atom is 0.274 e. The number of hydrogen-bond donors (Lipinski definition) is 0. The minimum absolute atomic E-state index is 0.0149. The Balaban J connectivity index is 1.76. The standard InChI is InChI=1S/C18H19FN4O3/c1-13(24)21-7-9-22(10-8-21)18(26)16-5-6-17(25)23(20-16)12-14-3-2-4-15(19)11-14/h2-6,11H,7-10,12H2,1H3. The minimum Gasteiger partial charge on any atom is -0.339 e. The minimum atomic E-state index is -0.397. The quantitative estimate of drug-likeness (QED) is 0.811. The lowest BCUT2D eigenvalue weighted by Gasteiger charge is -2.34. The molecule has 0 bridgehead atoms. The van der Waals surface area contributed by atoms with Gasteiger partial charge in [0.2, 0.25) is 5.91 Å². The fourth-order valence-corrected chi connectivity index (χ4v) is 2.87. The zero-order valence-corrected chi connectivity index (χ0v) is 14.4. The molecule has 0 radical (unpaired) electrons. The van der Waals surface area contributed by atoms with E-state index in [4.69, 9.17) is 0 Å². The third kappa shape index (κ3) is 3.96. The van der Waals surface area contributed by atoms with E-state index >= 15 is 0 Å². The summed E-state index contributed by atoms with van der Waals surface area (Å²) < 4.78 is 14.5. The molecule has 1 saturated heterocycles. The molecule has 0 spiro atoms. The SMILES string of the molecule is CC(=O)N1CCN(C(=O)c2ccc(=O)n(Cc3cccc(F)c3)n2)CC1. The first-order chi connectivity index (χ1) is 12.4. The smallest absolute Gasteiger partial charge is 0.274 e. The predicted molar refractivity (Wildman–Crippen MR) is 92.2 cm³/mol. The Kier molecular flexibility index (Phi) is 5.11. The zero-order chi connectivity index (χ0) is 18.7. The van der Waals surface area contributed by atoms with Crippen LogP contribution in [0.3, 0.4) is 0 Å². The van der Waals surface area contributed by atoms with Gasteiger partial charge in [0.05, 0.1) is 6.54 Å². The molecule has 1 aromatic heterocycles. The van der Waals surface area contributed by atoms with Gasteiger partial charge in [0.25, 0.3) is 11.5 Å². The molecule has 136 valence electrons. The molecule has 1 aliphatic rings. The second-order valence-electron chi connectivity index (χ2n) is 6.14. The number of aromatic nitrogens is 2. The third-order valence-corrected chi connectivity index (χ3v) is 4.32. The highest BCUT2D eigenvalue weighted by atomic mass is 19.1. The first-order valence-corrected chi connectivity index (χ1v) is 8.31. The van der Waals surface area contributed by atoms with Crippen LogP contribution in [0.25, 0.3) is 0 Å². The maximum absolute atomic E-state index is 13.3. The Morgan fingerprint density at radius 1 is 1.08 bits per heavy atom. The number of benzene rings is 1. The van der Waals surface area contributed by atoms with E-state index < -0.39 is 5.82 Å². The van der Waals surface area contributed by atoms with Gasteiger partial charge in [-0.1, -0.05) is 12.1 Å². The van der Waals surface area contributed by atoms with Crippen LogP contribution in [0.4, 0.5) is 4.39 Å². The van der Waals surface area contributed by atoms with Crippen molar-refractivity contribution in [2.75, 3.05) is 26.2 Å². The number of amides is 2. The molecule has 0 unspecified atom stereocenters. The van der Waals surface area contributed by atoms with Crippen LogP contribution >= 0.6 is 0 Å². The summed E-state index contributed by atoms with van der Waals surface area (Å²) in [5.74, 6) is -0.703. The second-order valence-corrected chi connectivity index (χ2v) is 6.14. The first kappa shape index (κ1) is 17.8. The molecule has 0 atom stereocenters. The highest BCUT2D eigenvalue weighted by molar-refractivity contribution is 5.92. The summed E-state index contributed by atoms with van der Waals surface area (Å²) in [6, 6.07) is 8.56. The Labute approximate surface area is 149 Å². The van der Waals surface area contributed by atoms with Gasteiger partial charge in [0.15, 0.2) is 0 Å². The van der Waals surface area contributed by atoms with Gasteiger partial charge in [0.1, 0.15) is 11.5 Å². The molecule has 2 aromatic rings. The van der Waals surface area contributed by atoms with Crippen LogP contribution < -0.4 is 5.56 Å². The number of halogens is 1. The van der Waals surface area contributed by atoms with Crippen molar-refractivity contribution in [3.05, 3.63) is 63.8 Å². The van der Waals surface area contributed by atoms with Gasteiger partial charge < -0.3 is 9.80 Å². The zero-order valence-electron chi connectivity index (χ0n) is 14.4. The molecule has 8 heteroatoms. The first-order valence-electron chi connectivity index (χ1n) is 8.31. The van der Waals surface area contributed by atoms with Crippen LogP contribution in [-0.2, 0) is 11.3 Å². The molecule has 2 amide bonds. The van der Waals surface area contributed by atoms with Crippen molar-refractivity contribution in [1.29, 1.82) is 0 Å². The average Bonchev–Trinajstić information content (AvgIpc) is 2.63. The van der Waals surface area contributed by atoms with Crippen LogP contribution in [0.15, 0.2) is 41.2 Å². The van der Waals surface area contributed by atoms with Crippen LogP contribution in [0.1, 0.15) is 23.0 Å². The van der Waals surface area contributed by atoms with Crippen molar-refractivity contribution < 1.29 is 14.0 Å². The second kappa shape index (κ2) is 7.47. The van der Waals surface area contributed by atoms with Crippen molar-refractivity contribution >= 4 is 11.8 Å². The Hall–Kier alpha value is -3.03. The summed E-state index contributed by atoms with van der Waals surface area (Å²) in [6.45, 7) is 3.37. The number of hydrogen-bond acceptors (Lipinski definition) is 4. The average molecular weight is 358 g/mol. The summed E-state index contributed by atoms with van der Waals surface area (Å²) in [4.78, 5) is 39.3. The molecule has 0 saturated carbocycles. The Morgan fingerprint density at radius 2 is 1.77 bits per heavy atom. The van der Waals surface area contributed by atoms with Gasteiger partial charge in [0, 0.05) is 39.2 Å². The molecule has 7 nitrogen and oxygen atoms in total. The molecular formula is C18H19FN4O3. The number of carbonyl (C=O) groups excluding carboxylic acids is 2. The predicted octanol–water partition coefficient (Wildman–Crippen LogP) is 0.735. The summed E-state index contributed by atoms with van der Waals surface area (Å²) in [7, 11) is 0. The fourth-order valence-electron chi connectivity index (χ4n) is 2.87. The van der Waals surface area contributed by atoms with Crippen LogP contribution in [0.2, 0.25) is 0 Å². The molecule has 1 aromatic carbocycles. The summed E-state index contributed by atoms with van der Waals surface area (Å²) in [6.07, 6.45) is 0. The summed E-state index contributed by atoms with van der Waals surface area (Å²) in [5, 5.41) is 4.14. The summed E-state index contributed by atoms with van der Waals surface area (Å²) in [5.41, 5.74) is 0.365. The van der Waals surface area contributed by atoms with E-state index in [0.29, 0.717) is 31.7 Å². The lowest BCUT2D eigenvalue weighted by atomic mass is 10.2. The van der Waals surface area contributed by atoms with E-state index in [1.165, 1.54) is 31.2 Å². The number of nitrogens with zero attached hydrogens (tertiary/aromatic N) is 4. The summed E-state index contributed by atoms with van der Waals surface area (Å²) >= 11 is 0. The van der Waals surface area contributed by atoms with Gasteiger partial charge in [-0.3, -0.25) is 14.4 Å². The normalized spacial score (nSPS) is 14.4. The van der Waals surface area contributed by atoms with Crippen molar-refractivity contribution in [2.45, 2.75) is 13.5 Å². The highest BCUT2D eigenvalue weighted by Crippen LogP contribution is 2.08. The van der Waals surface area contributed by atoms with E-state index in [0.717, 1.165) is 4.68 Å². The molecule has 0 N–H and O–H groups in total. The largest absolute Gasteiger partial charge is 0.339 e. The molecule has 26 heavy (non-hydrogen) atoms. The van der Waals surface area contributed by atoms with E-state index in [-0.39, 0.29) is 29.6 Å². The van der Waals surface area contributed by atoms with Gasteiger partial charge in [-0.25, -0.2) is 9.07 Å². The van der Waals surface area contributed by atoms with Crippen molar-refractivity contribution in [1.82, 2.24) is 19.6 Å². The highest BCUT2D eigenvalue weighted by Gasteiger charge is 2.24. The molecular weight excluding hydrogens is 339 g/mol. The molecule has 0 aliphatic carbocycles. The third-order valence-electron chi connectivity index (χ3n) is 4.32. The lowest BCUT2D eigenvalue weighted by Crippen LogP contribution is -2.50. The van der Waals surface area contributed by atoms with E-state index in [9.17, 15) is 18.8 Å². The van der Waals surface area contributed by atoms with Gasteiger partial charge in [-0.05, 0) is 23.8 Å². The lowest BCUT2D eigenvalue weighted by molar-refractivity contribution is -0.130. The Bertz CT molecular complexity index is 888. The number of rotatable bonds is 3. The molecule has 2 heterocycles. The van der Waals surface area contributed by atoms with Gasteiger partial charge in [-0.15, -0.1) is 0 Å². The van der Waals surface area contributed by atoms with Crippen LogP contribution in [0, 0.1) is 5.82 Å². The van der Waals surface area contributed by atoms with E-state index in [1.54, 1.807) is 21.9 Å². The monoisotopic (exact) mass is 358 g/mol. The van der Waals surface area contributed by atoms with Gasteiger partial charge >= 0.3 is 0 Å². The number of carbonyl (C=O) groups is 2. The fraction of sp³-hybridized carbons (Fsp3) is 0.333. The van der Waals surface area contributed by atoms with Crippen molar-refractivity contribution in [3.63, 3.8) is 0 Å². The molecule has 1 aliphatic heterocycles. The van der Waals surface area contributed by atoms with Crippen molar-refractivity contribution in [3.8, 4) is 0 Å². The van der Waals surface area contributed by atoms with E-state index in [1.807, 2.05) is 0 Å². The van der Waals surface area contributed by atoms with Crippen molar-refractivity contribution in [2.24, 2.45) is 0 Å². The topological polar surface area (TPSA) is 75.5 Å². The van der Waals surface area contributed by atoms with Crippen LogP contribution in [0.5, 0.6) is 0 Å². The molecule has 3 rings (SSSR count). The Morgan fingerprint density at radius 3 is 2.42 bits per heavy atom. The number of piperazine rings is 1.